The Kier molecular flexibility index (Phi) is 7.92. The number of rotatable bonds is 9. The van der Waals surface area contributed by atoms with Crippen molar-refractivity contribution in [2.45, 2.75) is 39.7 Å². The van der Waals surface area contributed by atoms with Gasteiger partial charge in [0.05, 0.1) is 7.11 Å². The monoisotopic (exact) mass is 432 g/mol. The largest absolute Gasteiger partial charge is 0.507 e. The highest BCUT2D eigenvalue weighted by Crippen LogP contribution is 2.42. The fraction of sp³-hybridized carbons (Fsp3) is 0.565. The molecule has 2 N–H and O–H groups in total. The fourth-order valence-electron chi connectivity index (χ4n) is 4.00. The Morgan fingerprint density at radius 2 is 2.03 bits per heavy atom. The van der Waals surface area contributed by atoms with Crippen LogP contribution in [0.2, 0.25) is 0 Å². The van der Waals surface area contributed by atoms with E-state index < -0.39 is 5.97 Å². The van der Waals surface area contributed by atoms with Crippen LogP contribution in [-0.4, -0.2) is 68.4 Å². The number of benzene rings is 1. The molecule has 0 bridgehead atoms. The first-order chi connectivity index (χ1) is 14.9. The average Bonchev–Trinajstić information content (AvgIpc) is 3.16. The molecule has 0 spiro atoms. The number of piperazine rings is 1. The molecule has 1 saturated heterocycles. The van der Waals surface area contributed by atoms with Gasteiger partial charge in [-0.3, -0.25) is 9.69 Å². The second kappa shape index (κ2) is 10.6. The number of allylic oxidation sites excluding steroid dienone is 2. The number of ether oxygens (including phenoxy) is 3. The van der Waals surface area contributed by atoms with Gasteiger partial charge in [-0.1, -0.05) is 11.6 Å². The number of hydrogen-bond donors (Lipinski definition) is 2. The summed E-state index contributed by atoms with van der Waals surface area (Å²) in [4.78, 5) is 26.3. The van der Waals surface area contributed by atoms with Gasteiger partial charge in [-0.15, -0.1) is 0 Å². The Hall–Kier alpha value is -2.58. The topological polar surface area (TPSA) is 97.3 Å². The minimum absolute atomic E-state index is 0.0867. The molecule has 1 aromatic carbocycles. The fourth-order valence-corrected chi connectivity index (χ4v) is 4.00. The van der Waals surface area contributed by atoms with Crippen LogP contribution in [0.3, 0.4) is 0 Å². The average molecular weight is 433 g/mol. The van der Waals surface area contributed by atoms with Crippen LogP contribution < -0.4 is 10.1 Å². The van der Waals surface area contributed by atoms with Crippen LogP contribution >= 0.6 is 0 Å². The first kappa shape index (κ1) is 23.1. The van der Waals surface area contributed by atoms with Crippen LogP contribution in [0.25, 0.3) is 0 Å². The predicted molar refractivity (Wildman–Crippen MR) is 115 cm³/mol. The van der Waals surface area contributed by atoms with E-state index in [-0.39, 0.29) is 23.9 Å². The highest BCUT2D eigenvalue weighted by Gasteiger charge is 2.31. The minimum atomic E-state index is -0.510. The van der Waals surface area contributed by atoms with E-state index in [9.17, 15) is 14.7 Å². The van der Waals surface area contributed by atoms with Crippen molar-refractivity contribution in [3.63, 3.8) is 0 Å². The zero-order chi connectivity index (χ0) is 22.4. The second-order valence-corrected chi connectivity index (χ2v) is 7.98. The second-order valence-electron chi connectivity index (χ2n) is 7.98. The van der Waals surface area contributed by atoms with Gasteiger partial charge in [0.25, 0.3) is 0 Å². The molecule has 3 rings (SSSR count). The number of esters is 2. The predicted octanol–water partition coefficient (Wildman–Crippen LogP) is 2.10. The molecule has 0 aliphatic carbocycles. The molecule has 0 atom stereocenters. The van der Waals surface area contributed by atoms with Gasteiger partial charge >= 0.3 is 11.9 Å². The van der Waals surface area contributed by atoms with E-state index in [1.165, 1.54) is 0 Å². The van der Waals surface area contributed by atoms with E-state index in [0.29, 0.717) is 42.7 Å². The Bertz CT molecular complexity index is 858. The number of methoxy groups -OCH3 is 1. The molecule has 0 amide bonds. The molecule has 31 heavy (non-hydrogen) atoms. The van der Waals surface area contributed by atoms with E-state index in [1.54, 1.807) is 7.11 Å². The SMILES string of the molecule is COc1c(C)c2c(c(O)c1C/C=C(\C)CCC(=O)OCCN1CCNCC1)C(=O)OC2. The third-order valence-electron chi connectivity index (χ3n) is 5.91. The maximum absolute atomic E-state index is 12.0. The van der Waals surface area contributed by atoms with Crippen molar-refractivity contribution in [1.29, 1.82) is 0 Å². The third kappa shape index (κ3) is 5.57. The Balaban J connectivity index is 1.53. The summed E-state index contributed by atoms with van der Waals surface area (Å²) in [5.41, 5.74) is 3.26. The smallest absolute Gasteiger partial charge is 0.342 e. The summed E-state index contributed by atoms with van der Waals surface area (Å²) in [7, 11) is 1.54. The number of cyclic esters (lactones) is 1. The van der Waals surface area contributed by atoms with Gasteiger partial charge in [0, 0.05) is 50.3 Å². The molecule has 8 nitrogen and oxygen atoms in total. The zero-order valence-corrected chi connectivity index (χ0v) is 18.6. The highest BCUT2D eigenvalue weighted by molar-refractivity contribution is 5.98. The maximum Gasteiger partial charge on any atom is 0.342 e. The molecule has 0 saturated carbocycles. The number of aromatic hydroxyl groups is 1. The molecule has 0 unspecified atom stereocenters. The number of nitrogens with zero attached hydrogens (tertiary/aromatic N) is 1. The van der Waals surface area contributed by atoms with Gasteiger partial charge in [0.1, 0.15) is 30.3 Å². The lowest BCUT2D eigenvalue weighted by Gasteiger charge is -2.26. The number of carbonyl (C=O) groups is 2. The molecule has 1 aromatic rings. The van der Waals surface area contributed by atoms with Crippen LogP contribution in [0, 0.1) is 6.92 Å². The van der Waals surface area contributed by atoms with Crippen LogP contribution in [0.15, 0.2) is 11.6 Å². The maximum atomic E-state index is 12.0. The van der Waals surface area contributed by atoms with E-state index in [0.717, 1.165) is 43.9 Å². The Labute approximate surface area is 183 Å². The third-order valence-corrected chi connectivity index (χ3v) is 5.91. The molecule has 2 heterocycles. The standard InChI is InChI=1S/C23H32N2O6/c1-15(5-7-19(26)30-13-12-25-10-8-24-9-11-25)4-6-17-21(27)20-18(14-31-23(20)28)16(2)22(17)29-3/h4,24,27H,5-14H2,1-3H3/b15-4+. The summed E-state index contributed by atoms with van der Waals surface area (Å²) in [6, 6.07) is 0. The number of nitrogens with one attached hydrogen (secondary N) is 1. The van der Waals surface area contributed by atoms with Gasteiger partial charge in [-0.25, -0.2) is 4.79 Å². The quantitative estimate of drug-likeness (QED) is 0.452. The lowest BCUT2D eigenvalue weighted by Crippen LogP contribution is -2.44. The first-order valence-electron chi connectivity index (χ1n) is 10.7. The number of hydrogen-bond acceptors (Lipinski definition) is 8. The van der Waals surface area contributed by atoms with Crippen LogP contribution in [0.4, 0.5) is 0 Å². The molecular weight excluding hydrogens is 400 g/mol. The molecule has 8 heteroatoms. The molecule has 1 fully saturated rings. The van der Waals surface area contributed by atoms with Crippen molar-refractivity contribution in [2.75, 3.05) is 46.4 Å². The number of phenolic OH excluding ortho intramolecular Hbond substituents is 1. The summed E-state index contributed by atoms with van der Waals surface area (Å²) in [5.74, 6) is -0.245. The minimum Gasteiger partial charge on any atom is -0.507 e. The van der Waals surface area contributed by atoms with Gasteiger partial charge in [-0.05, 0) is 32.3 Å². The molecule has 170 valence electrons. The van der Waals surface area contributed by atoms with E-state index in [2.05, 4.69) is 10.2 Å². The first-order valence-corrected chi connectivity index (χ1v) is 10.7. The molecular formula is C23H32N2O6. The van der Waals surface area contributed by atoms with Crippen LogP contribution in [-0.2, 0) is 27.3 Å². The van der Waals surface area contributed by atoms with Crippen molar-refractivity contribution in [2.24, 2.45) is 0 Å². The van der Waals surface area contributed by atoms with Gasteiger partial charge in [0.2, 0.25) is 0 Å². The van der Waals surface area contributed by atoms with Crippen LogP contribution in [0.1, 0.15) is 46.8 Å². The summed E-state index contributed by atoms with van der Waals surface area (Å²) in [6.45, 7) is 9.04. The summed E-state index contributed by atoms with van der Waals surface area (Å²) >= 11 is 0. The van der Waals surface area contributed by atoms with Gasteiger partial charge < -0.3 is 24.6 Å². The summed E-state index contributed by atoms with van der Waals surface area (Å²) in [5, 5.41) is 14.0. The summed E-state index contributed by atoms with van der Waals surface area (Å²) in [6.07, 6.45) is 3.21. The van der Waals surface area contributed by atoms with Crippen molar-refractivity contribution in [1.82, 2.24) is 10.2 Å². The number of carbonyl (C=O) groups excluding carboxylic acids is 2. The van der Waals surface area contributed by atoms with Crippen molar-refractivity contribution in [3.05, 3.63) is 33.9 Å². The van der Waals surface area contributed by atoms with Crippen molar-refractivity contribution < 1.29 is 28.9 Å². The van der Waals surface area contributed by atoms with E-state index in [1.807, 2.05) is 19.9 Å². The van der Waals surface area contributed by atoms with E-state index >= 15 is 0 Å². The summed E-state index contributed by atoms with van der Waals surface area (Å²) < 4.78 is 15.9. The molecule has 2 aliphatic rings. The Morgan fingerprint density at radius 3 is 2.74 bits per heavy atom. The van der Waals surface area contributed by atoms with E-state index in [4.69, 9.17) is 14.2 Å². The number of fused-ring (bicyclic) bond motifs is 1. The van der Waals surface area contributed by atoms with Gasteiger partial charge in [0.15, 0.2) is 0 Å². The van der Waals surface area contributed by atoms with Crippen molar-refractivity contribution >= 4 is 11.9 Å². The van der Waals surface area contributed by atoms with Gasteiger partial charge in [-0.2, -0.15) is 0 Å². The lowest BCUT2D eigenvalue weighted by molar-refractivity contribution is -0.144. The Morgan fingerprint density at radius 1 is 1.29 bits per heavy atom. The molecule has 0 aromatic heterocycles. The molecule has 2 aliphatic heterocycles. The van der Waals surface area contributed by atoms with Crippen molar-refractivity contribution in [3.8, 4) is 11.5 Å². The highest BCUT2D eigenvalue weighted by atomic mass is 16.5. The number of phenols is 1. The lowest BCUT2D eigenvalue weighted by atomic mass is 9.94. The van der Waals surface area contributed by atoms with Crippen LogP contribution in [0.5, 0.6) is 11.5 Å². The zero-order valence-electron chi connectivity index (χ0n) is 18.6. The molecule has 0 radical (unpaired) electrons. The normalized spacial score (nSPS) is 16.7.